The Morgan fingerprint density at radius 2 is 1.14 bits per heavy atom. The van der Waals surface area contributed by atoms with Crippen LogP contribution in [0.5, 0.6) is 0 Å². The minimum Gasteiger partial charge on any atom is -0.870 e. The van der Waals surface area contributed by atoms with Crippen molar-refractivity contribution >= 4 is 23.4 Å². The van der Waals surface area contributed by atoms with Gasteiger partial charge in [-0.15, -0.1) is 0 Å². The Morgan fingerprint density at radius 3 is 1.14 bits per heavy atom. The molecule has 0 saturated heterocycles. The minimum absolute atomic E-state index is 0. The predicted octanol–water partition coefficient (Wildman–Crippen LogP) is -6.79. The molecule has 0 aliphatic heterocycles. The average Bonchev–Trinajstić information content (AvgIpc) is 0.918. The third-order valence-corrected chi connectivity index (χ3v) is 0. The van der Waals surface area contributed by atoms with E-state index < -0.39 is 0 Å². The number of hydrogen-bond acceptors (Lipinski definition) is 4. The summed E-state index contributed by atoms with van der Waals surface area (Å²) in [6.45, 7) is 0. The van der Waals surface area contributed by atoms with Crippen molar-refractivity contribution in [3.63, 3.8) is 0 Å². The van der Waals surface area contributed by atoms with Crippen LogP contribution in [0.25, 0.3) is 0 Å². The van der Waals surface area contributed by atoms with Crippen LogP contribution in [0.4, 0.5) is 0 Å². The van der Waals surface area contributed by atoms with Crippen molar-refractivity contribution < 1.29 is 122 Å². The summed E-state index contributed by atoms with van der Waals surface area (Å²) in [5.41, 5.74) is 0. The van der Waals surface area contributed by atoms with Crippen LogP contribution in [-0.2, 0) is 3.17 Å². The van der Waals surface area contributed by atoms with E-state index in [1.54, 1.807) is 0 Å². The van der Waals surface area contributed by atoms with Crippen molar-refractivity contribution in [3.05, 3.63) is 0 Å². The van der Waals surface area contributed by atoms with Gasteiger partial charge in [0.05, 0.1) is 0 Å². The second kappa shape index (κ2) is 32.6. The van der Waals surface area contributed by atoms with Crippen molar-refractivity contribution in [1.29, 1.82) is 0 Å². The fraction of sp³-hybridized carbons (Fsp3) is 0. The molecule has 3 N–H and O–H groups in total. The summed E-state index contributed by atoms with van der Waals surface area (Å²) >= 11 is 0.908. The normalized spacial score (nSPS) is 2.57. The SMILES string of the molecule is O[O][Sb].[K+].[K+].[OH-].[OH-]. The summed E-state index contributed by atoms with van der Waals surface area (Å²) in [6.07, 6.45) is 0. The smallest absolute Gasteiger partial charge is 0.870 e. The van der Waals surface area contributed by atoms with Crippen LogP contribution >= 0.6 is 0 Å². The minimum atomic E-state index is 0. The molecule has 0 spiro atoms. The van der Waals surface area contributed by atoms with Gasteiger partial charge in [-0.3, -0.25) is 0 Å². The van der Waals surface area contributed by atoms with Gasteiger partial charge in [-0.2, -0.15) is 0 Å². The topological polar surface area (TPSA) is 89.5 Å². The standard InChI is InChI=1S/2K.H2O2.2H2O.Sb/c;;1-2;;;/h;;1-2H;2*1H2;/q2*+1;;;;+1/p-3. The summed E-state index contributed by atoms with van der Waals surface area (Å²) in [5.74, 6) is 0. The van der Waals surface area contributed by atoms with E-state index in [1.807, 2.05) is 0 Å². The first-order valence-corrected chi connectivity index (χ1v) is 1.41. The summed E-state index contributed by atoms with van der Waals surface area (Å²) in [4.78, 5) is 0. The van der Waals surface area contributed by atoms with Gasteiger partial charge in [0.25, 0.3) is 0 Å². The third-order valence-electron chi connectivity index (χ3n) is 0. The maximum atomic E-state index is 7.09. The van der Waals surface area contributed by atoms with E-state index in [0.717, 1.165) is 23.4 Å². The molecule has 7 heavy (non-hydrogen) atoms. The predicted molar refractivity (Wildman–Crippen MR) is 13.3 cm³/mol. The maximum absolute atomic E-state index is 7.09. The molecule has 2 radical (unpaired) electrons. The van der Waals surface area contributed by atoms with Crippen molar-refractivity contribution in [2.24, 2.45) is 0 Å². The number of hydrogen-bond donors (Lipinski definition) is 1. The molecule has 0 fully saturated rings. The van der Waals surface area contributed by atoms with E-state index in [-0.39, 0.29) is 114 Å². The quantitative estimate of drug-likeness (QED) is 0.268. The zero-order valence-electron chi connectivity index (χ0n) is 4.20. The second-order valence-electron chi connectivity index (χ2n) is 0.0816. The zero-order chi connectivity index (χ0) is 2.71. The summed E-state index contributed by atoms with van der Waals surface area (Å²) < 4.78 is 3.30. The molecule has 0 heterocycles. The van der Waals surface area contributed by atoms with Crippen molar-refractivity contribution in [2.75, 3.05) is 0 Å². The zero-order valence-corrected chi connectivity index (χ0v) is 13.0. The summed E-state index contributed by atoms with van der Waals surface area (Å²) in [5, 5.41) is 7.09. The molecule has 4 nitrogen and oxygen atoms in total. The Hall–Kier alpha value is 3.93. The van der Waals surface area contributed by atoms with Gasteiger partial charge in [-0.1, -0.05) is 0 Å². The summed E-state index contributed by atoms with van der Waals surface area (Å²) in [7, 11) is 0. The molecule has 0 aliphatic carbocycles. The molecule has 0 unspecified atom stereocenters. The molecule has 34 valence electrons. The average molecular weight is 267 g/mol. The van der Waals surface area contributed by atoms with Gasteiger partial charge in [-0.25, -0.2) is 0 Å². The molecule has 7 heteroatoms. The largest absolute Gasteiger partial charge is 1.00 e. The Balaban J connectivity index is -0.00000000333. The van der Waals surface area contributed by atoms with Gasteiger partial charge in [0.1, 0.15) is 0 Å². The van der Waals surface area contributed by atoms with Gasteiger partial charge in [0, 0.05) is 0 Å². The van der Waals surface area contributed by atoms with Crippen LogP contribution in [0.2, 0.25) is 0 Å². The fourth-order valence-electron chi connectivity index (χ4n) is 0. The summed E-state index contributed by atoms with van der Waals surface area (Å²) in [6, 6.07) is 0. The Morgan fingerprint density at radius 1 is 1.14 bits per heavy atom. The molecule has 0 aromatic rings. The van der Waals surface area contributed by atoms with Crippen LogP contribution in [0.3, 0.4) is 0 Å². The van der Waals surface area contributed by atoms with E-state index in [4.69, 9.17) is 5.26 Å². The van der Waals surface area contributed by atoms with Gasteiger partial charge in [0.15, 0.2) is 0 Å². The Bertz CT molecular complexity index is 9.65. The number of rotatable bonds is 0. The molecule has 0 atom stereocenters. The molecular weight excluding hydrogens is 264 g/mol. The van der Waals surface area contributed by atoms with Gasteiger partial charge in [-0.05, 0) is 0 Å². The van der Waals surface area contributed by atoms with Crippen LogP contribution < -0.4 is 103 Å². The van der Waals surface area contributed by atoms with E-state index in [9.17, 15) is 0 Å². The van der Waals surface area contributed by atoms with Gasteiger partial charge < -0.3 is 11.0 Å². The van der Waals surface area contributed by atoms with Crippen LogP contribution in [-0.4, -0.2) is 39.7 Å². The molecule has 0 aliphatic rings. The van der Waals surface area contributed by atoms with E-state index in [0.29, 0.717) is 0 Å². The van der Waals surface area contributed by atoms with E-state index >= 15 is 0 Å². The first kappa shape index (κ1) is 30.6. The molecule has 0 aromatic heterocycles. The van der Waals surface area contributed by atoms with E-state index in [2.05, 4.69) is 3.17 Å². The van der Waals surface area contributed by atoms with Gasteiger partial charge >= 0.3 is 135 Å². The Kier molecular flexibility index (Phi) is 143. The van der Waals surface area contributed by atoms with Crippen LogP contribution in [0, 0.1) is 0 Å². The molecule has 0 bridgehead atoms. The van der Waals surface area contributed by atoms with Gasteiger partial charge in [0.2, 0.25) is 0 Å². The van der Waals surface area contributed by atoms with Crippen molar-refractivity contribution in [1.82, 2.24) is 0 Å². The maximum Gasteiger partial charge on any atom is 1.00 e. The third kappa shape index (κ3) is 40.4. The first-order chi connectivity index (χ1) is 1.41. The van der Waals surface area contributed by atoms with Crippen molar-refractivity contribution in [3.8, 4) is 0 Å². The molecule has 0 rings (SSSR count). The molecular formula is H3K2O4Sb. The molecule has 0 amide bonds. The second-order valence-corrected chi connectivity index (χ2v) is 0.548. The monoisotopic (exact) mass is 266 g/mol. The fourth-order valence-corrected chi connectivity index (χ4v) is 0. The molecule has 0 saturated carbocycles. The van der Waals surface area contributed by atoms with E-state index in [1.165, 1.54) is 0 Å². The first-order valence-electron chi connectivity index (χ1n) is 0.365. The van der Waals surface area contributed by atoms with Crippen LogP contribution in [0.15, 0.2) is 0 Å². The Labute approximate surface area is 141 Å². The van der Waals surface area contributed by atoms with Crippen LogP contribution in [0.1, 0.15) is 0 Å². The van der Waals surface area contributed by atoms with Crippen molar-refractivity contribution in [2.45, 2.75) is 0 Å². The molecule has 0 aromatic carbocycles.